The lowest BCUT2D eigenvalue weighted by Crippen LogP contribution is -2.12. The van der Waals surface area contributed by atoms with Gasteiger partial charge >= 0.3 is 0 Å². The summed E-state index contributed by atoms with van der Waals surface area (Å²) in [5.41, 5.74) is 0. The lowest BCUT2D eigenvalue weighted by molar-refractivity contribution is 0.459. The quantitative estimate of drug-likeness (QED) is 0.616. The van der Waals surface area contributed by atoms with Crippen molar-refractivity contribution in [1.29, 1.82) is 0 Å². The summed E-state index contributed by atoms with van der Waals surface area (Å²) in [5, 5.41) is 5.31. The fraction of sp³-hybridized carbons (Fsp3) is 0.417. The van der Waals surface area contributed by atoms with Crippen LogP contribution in [0.5, 0.6) is 0 Å². The summed E-state index contributed by atoms with van der Waals surface area (Å²) >= 11 is 3.38. The predicted molar refractivity (Wildman–Crippen MR) is 72.4 cm³/mol. The molecule has 0 aliphatic carbocycles. The Hall–Kier alpha value is -0.780. The van der Waals surface area contributed by atoms with E-state index in [0.29, 0.717) is 0 Å². The largest absolute Gasteiger partial charge is 0.464 e. The number of thiazole rings is 1. The third kappa shape index (κ3) is 4.18. The second-order valence-corrected chi connectivity index (χ2v) is 5.75. The Balaban J connectivity index is 1.77. The summed E-state index contributed by atoms with van der Waals surface area (Å²) in [6, 6.07) is 4.09. The van der Waals surface area contributed by atoms with Crippen molar-refractivity contribution in [3.63, 3.8) is 0 Å². The van der Waals surface area contributed by atoms with Gasteiger partial charge in [-0.1, -0.05) is 18.7 Å². The molecule has 2 aromatic rings. The maximum Gasteiger partial charge on any atom is 0.150 e. The molecule has 2 rings (SSSR count). The van der Waals surface area contributed by atoms with Crippen molar-refractivity contribution in [3.05, 3.63) is 35.2 Å². The molecule has 0 saturated heterocycles. The first kappa shape index (κ1) is 12.7. The summed E-state index contributed by atoms with van der Waals surface area (Å²) in [7, 11) is 0. The Kier molecular flexibility index (Phi) is 5.09. The third-order valence-corrected chi connectivity index (χ3v) is 4.18. The van der Waals surface area contributed by atoms with E-state index in [9.17, 15) is 0 Å². The fourth-order valence-electron chi connectivity index (χ4n) is 1.40. The van der Waals surface area contributed by atoms with Crippen LogP contribution in [-0.2, 0) is 12.3 Å². The van der Waals surface area contributed by atoms with Gasteiger partial charge in [0.25, 0.3) is 0 Å². The highest BCUT2D eigenvalue weighted by Gasteiger charge is 2.03. The number of furan rings is 1. The predicted octanol–water partition coefficient (Wildman–Crippen LogP) is 3.53. The van der Waals surface area contributed by atoms with Gasteiger partial charge in [-0.2, -0.15) is 0 Å². The lowest BCUT2D eigenvalue weighted by atomic mass is 10.4. The smallest absolute Gasteiger partial charge is 0.150 e. The summed E-state index contributed by atoms with van der Waals surface area (Å²) in [6.07, 6.45) is 2.97. The molecule has 0 bridgehead atoms. The van der Waals surface area contributed by atoms with Crippen molar-refractivity contribution in [1.82, 2.24) is 10.3 Å². The summed E-state index contributed by atoms with van der Waals surface area (Å²) in [6.45, 7) is 4.00. The molecule has 2 heterocycles. The van der Waals surface area contributed by atoms with Crippen molar-refractivity contribution in [2.24, 2.45) is 0 Å². The molecule has 0 radical (unpaired) electrons. The first-order valence-electron chi connectivity index (χ1n) is 5.69. The lowest BCUT2D eigenvalue weighted by Gasteiger charge is -1.99. The molecule has 3 nitrogen and oxygen atoms in total. The van der Waals surface area contributed by atoms with E-state index in [2.05, 4.69) is 17.2 Å². The van der Waals surface area contributed by atoms with Crippen LogP contribution >= 0.6 is 23.1 Å². The normalized spacial score (nSPS) is 10.9. The van der Waals surface area contributed by atoms with E-state index in [1.807, 2.05) is 23.7 Å². The second-order valence-electron chi connectivity index (χ2n) is 3.63. The molecular weight excluding hydrogens is 252 g/mol. The Labute approximate surface area is 110 Å². The molecule has 0 aromatic carbocycles. The van der Waals surface area contributed by atoms with Crippen LogP contribution in [0.3, 0.4) is 0 Å². The molecule has 0 amide bonds. The zero-order valence-corrected chi connectivity index (χ0v) is 11.4. The minimum Gasteiger partial charge on any atom is -0.464 e. The molecule has 0 unspecified atom stereocenters. The van der Waals surface area contributed by atoms with Crippen LogP contribution in [0.15, 0.2) is 32.5 Å². The first-order chi connectivity index (χ1) is 8.38. The molecule has 2 aromatic heterocycles. The second kappa shape index (κ2) is 6.83. The average molecular weight is 268 g/mol. The number of nitrogens with one attached hydrogen (secondary N) is 1. The molecule has 0 fully saturated rings. The molecule has 0 aliphatic heterocycles. The van der Waals surface area contributed by atoms with Crippen LogP contribution in [-0.4, -0.2) is 11.5 Å². The highest BCUT2D eigenvalue weighted by molar-refractivity contribution is 8.00. The summed E-state index contributed by atoms with van der Waals surface area (Å²) in [5.74, 6) is 2.87. The van der Waals surface area contributed by atoms with Crippen LogP contribution in [0.2, 0.25) is 0 Å². The Morgan fingerprint density at radius 2 is 2.29 bits per heavy atom. The van der Waals surface area contributed by atoms with Gasteiger partial charge in [-0.15, -0.1) is 11.3 Å². The molecule has 0 atom stereocenters. The van der Waals surface area contributed by atoms with Gasteiger partial charge in [0.15, 0.2) is 0 Å². The van der Waals surface area contributed by atoms with E-state index in [1.165, 1.54) is 0 Å². The maximum atomic E-state index is 5.72. The molecule has 0 spiro atoms. The van der Waals surface area contributed by atoms with Crippen molar-refractivity contribution in [3.8, 4) is 0 Å². The molecule has 0 saturated carbocycles. The van der Waals surface area contributed by atoms with Crippen LogP contribution in [0.25, 0.3) is 0 Å². The van der Waals surface area contributed by atoms with Gasteiger partial charge in [0, 0.05) is 11.6 Å². The van der Waals surface area contributed by atoms with Gasteiger partial charge in [-0.3, -0.25) is 0 Å². The van der Waals surface area contributed by atoms with E-state index >= 15 is 0 Å². The van der Waals surface area contributed by atoms with Crippen LogP contribution in [0.4, 0.5) is 0 Å². The zero-order chi connectivity index (χ0) is 11.9. The molecule has 1 N–H and O–H groups in total. The standard InChI is InChI=1S/C12H16N2OS2/c1-2-5-13-8-10-3-4-11(15-10)9-17-12-14-6-7-16-12/h3-4,6-7,13H,2,5,8-9H2,1H3. The number of rotatable bonds is 7. The Morgan fingerprint density at radius 3 is 3.06 bits per heavy atom. The Bertz CT molecular complexity index is 425. The highest BCUT2D eigenvalue weighted by Crippen LogP contribution is 2.25. The summed E-state index contributed by atoms with van der Waals surface area (Å²) < 4.78 is 6.81. The highest BCUT2D eigenvalue weighted by atomic mass is 32.2. The van der Waals surface area contributed by atoms with Crippen LogP contribution < -0.4 is 5.32 Å². The van der Waals surface area contributed by atoms with E-state index in [4.69, 9.17) is 4.42 Å². The average Bonchev–Trinajstić information content (AvgIpc) is 2.98. The van der Waals surface area contributed by atoms with Crippen LogP contribution in [0, 0.1) is 0 Å². The van der Waals surface area contributed by atoms with E-state index in [-0.39, 0.29) is 0 Å². The minimum atomic E-state index is 0.815. The number of hydrogen-bond acceptors (Lipinski definition) is 5. The topological polar surface area (TPSA) is 38.1 Å². The minimum absolute atomic E-state index is 0.815. The number of nitrogens with zero attached hydrogens (tertiary/aromatic N) is 1. The maximum absolute atomic E-state index is 5.72. The van der Waals surface area contributed by atoms with E-state index in [1.54, 1.807) is 23.1 Å². The summed E-state index contributed by atoms with van der Waals surface area (Å²) in [4.78, 5) is 4.23. The van der Waals surface area contributed by atoms with Gasteiger partial charge in [-0.05, 0) is 25.1 Å². The monoisotopic (exact) mass is 268 g/mol. The number of aromatic nitrogens is 1. The van der Waals surface area contributed by atoms with Gasteiger partial charge in [0.2, 0.25) is 0 Å². The van der Waals surface area contributed by atoms with Gasteiger partial charge in [0.05, 0.1) is 12.3 Å². The molecule has 17 heavy (non-hydrogen) atoms. The molecule has 5 heteroatoms. The zero-order valence-electron chi connectivity index (χ0n) is 9.81. The van der Waals surface area contributed by atoms with Crippen molar-refractivity contribution in [2.75, 3.05) is 6.54 Å². The van der Waals surface area contributed by atoms with Gasteiger partial charge in [0.1, 0.15) is 15.9 Å². The first-order valence-corrected chi connectivity index (χ1v) is 7.55. The fourth-order valence-corrected chi connectivity index (χ4v) is 2.93. The Morgan fingerprint density at radius 1 is 1.41 bits per heavy atom. The van der Waals surface area contributed by atoms with Crippen molar-refractivity contribution < 1.29 is 4.42 Å². The molecular formula is C12H16N2OS2. The number of thioether (sulfide) groups is 1. The van der Waals surface area contributed by atoms with Crippen LogP contribution in [0.1, 0.15) is 24.9 Å². The SMILES string of the molecule is CCCNCc1ccc(CSc2nccs2)o1. The van der Waals surface area contributed by atoms with Gasteiger partial charge < -0.3 is 9.73 Å². The van der Waals surface area contributed by atoms with Gasteiger partial charge in [-0.25, -0.2) is 4.98 Å². The van der Waals surface area contributed by atoms with E-state index in [0.717, 1.165) is 41.1 Å². The van der Waals surface area contributed by atoms with Crippen molar-refractivity contribution in [2.45, 2.75) is 30.0 Å². The molecule has 0 aliphatic rings. The number of hydrogen-bond donors (Lipinski definition) is 1. The van der Waals surface area contributed by atoms with E-state index < -0.39 is 0 Å². The van der Waals surface area contributed by atoms with Crippen molar-refractivity contribution >= 4 is 23.1 Å². The molecule has 92 valence electrons. The third-order valence-electron chi connectivity index (χ3n) is 2.19.